The van der Waals surface area contributed by atoms with Crippen LogP contribution in [0.4, 0.5) is 0 Å². The SMILES string of the molecule is COc1cc2c(cc1O)CC(O)(CO)C(CO)C2c1ccc(OC2OC(CO)C(O)C(O)C2O)c(OC)c1. The Morgan fingerprint density at radius 3 is 2.21 bits per heavy atom. The number of hydrogen-bond acceptors (Lipinski definition) is 12. The predicted molar refractivity (Wildman–Crippen MR) is 130 cm³/mol. The van der Waals surface area contributed by atoms with Gasteiger partial charge in [-0.25, -0.2) is 0 Å². The molecule has 0 radical (unpaired) electrons. The van der Waals surface area contributed by atoms with Gasteiger partial charge in [-0.2, -0.15) is 0 Å². The van der Waals surface area contributed by atoms with E-state index < -0.39 is 68.0 Å². The lowest BCUT2D eigenvalue weighted by molar-refractivity contribution is -0.277. The van der Waals surface area contributed by atoms with Gasteiger partial charge in [0.1, 0.15) is 24.4 Å². The second-order valence-corrected chi connectivity index (χ2v) is 9.65. The van der Waals surface area contributed by atoms with Crippen molar-refractivity contribution in [3.8, 4) is 23.0 Å². The molecule has 8 atom stereocenters. The van der Waals surface area contributed by atoms with Crippen LogP contribution in [0.25, 0.3) is 0 Å². The number of fused-ring (bicyclic) bond motifs is 1. The third-order valence-corrected chi connectivity index (χ3v) is 7.47. The fourth-order valence-electron chi connectivity index (χ4n) is 5.35. The zero-order valence-electron chi connectivity index (χ0n) is 21.0. The molecule has 1 aliphatic carbocycles. The van der Waals surface area contributed by atoms with E-state index in [1.807, 2.05) is 0 Å². The minimum absolute atomic E-state index is 0.00640. The van der Waals surface area contributed by atoms with Crippen molar-refractivity contribution in [2.75, 3.05) is 34.0 Å². The fourth-order valence-corrected chi connectivity index (χ4v) is 5.35. The molecule has 0 saturated carbocycles. The largest absolute Gasteiger partial charge is 0.504 e. The van der Waals surface area contributed by atoms with Crippen LogP contribution in [0.3, 0.4) is 0 Å². The van der Waals surface area contributed by atoms with Crippen LogP contribution in [0.1, 0.15) is 22.6 Å². The van der Waals surface area contributed by atoms with E-state index in [0.29, 0.717) is 16.7 Å². The summed E-state index contributed by atoms with van der Waals surface area (Å²) in [6.07, 6.45) is -7.38. The summed E-state index contributed by atoms with van der Waals surface area (Å²) in [6, 6.07) is 7.83. The first-order chi connectivity index (χ1) is 18.1. The van der Waals surface area contributed by atoms with Crippen LogP contribution < -0.4 is 14.2 Å². The lowest BCUT2D eigenvalue weighted by Crippen LogP contribution is -2.60. The highest BCUT2D eigenvalue weighted by atomic mass is 16.7. The lowest BCUT2D eigenvalue weighted by Gasteiger charge is -2.44. The van der Waals surface area contributed by atoms with Gasteiger partial charge in [-0.1, -0.05) is 6.07 Å². The van der Waals surface area contributed by atoms with Gasteiger partial charge in [0.15, 0.2) is 23.0 Å². The highest BCUT2D eigenvalue weighted by Crippen LogP contribution is 2.49. The number of ether oxygens (including phenoxy) is 4. The number of hydrogen-bond donors (Lipinski definition) is 8. The number of phenolic OH excluding ortho intramolecular Hbond substituents is 1. The van der Waals surface area contributed by atoms with Gasteiger partial charge in [0, 0.05) is 24.9 Å². The summed E-state index contributed by atoms with van der Waals surface area (Å²) < 4.78 is 21.9. The number of aliphatic hydroxyl groups is 7. The van der Waals surface area contributed by atoms with Crippen molar-refractivity contribution < 1.29 is 59.8 Å². The van der Waals surface area contributed by atoms with E-state index in [0.717, 1.165) is 0 Å². The van der Waals surface area contributed by atoms with Gasteiger partial charge in [0.25, 0.3) is 0 Å². The highest BCUT2D eigenvalue weighted by Gasteiger charge is 2.48. The molecule has 1 saturated heterocycles. The van der Waals surface area contributed by atoms with Crippen LogP contribution >= 0.6 is 0 Å². The van der Waals surface area contributed by atoms with Crippen molar-refractivity contribution in [3.63, 3.8) is 0 Å². The van der Waals surface area contributed by atoms with Gasteiger partial charge in [-0.15, -0.1) is 0 Å². The second kappa shape index (κ2) is 11.2. The molecule has 1 aliphatic heterocycles. The maximum Gasteiger partial charge on any atom is 0.229 e. The Labute approximate surface area is 218 Å². The number of aromatic hydroxyl groups is 1. The molecule has 0 spiro atoms. The molecule has 4 rings (SSSR count). The van der Waals surface area contributed by atoms with E-state index in [-0.39, 0.29) is 29.4 Å². The Kier molecular flexibility index (Phi) is 8.35. The Bertz CT molecular complexity index is 1120. The molecule has 1 fully saturated rings. The van der Waals surface area contributed by atoms with Crippen molar-refractivity contribution in [2.45, 2.75) is 48.6 Å². The molecule has 210 valence electrons. The van der Waals surface area contributed by atoms with Gasteiger partial charge in [-0.05, 0) is 41.0 Å². The van der Waals surface area contributed by atoms with Crippen LogP contribution in [0, 0.1) is 5.92 Å². The Morgan fingerprint density at radius 1 is 0.895 bits per heavy atom. The van der Waals surface area contributed by atoms with Crippen molar-refractivity contribution in [1.29, 1.82) is 0 Å². The van der Waals surface area contributed by atoms with Crippen molar-refractivity contribution >= 4 is 0 Å². The van der Waals surface area contributed by atoms with Gasteiger partial charge < -0.3 is 59.8 Å². The first-order valence-corrected chi connectivity index (χ1v) is 12.1. The summed E-state index contributed by atoms with van der Waals surface area (Å²) in [4.78, 5) is 0. The molecule has 2 aromatic rings. The Balaban J connectivity index is 1.74. The topological polar surface area (TPSA) is 199 Å². The maximum absolute atomic E-state index is 11.3. The Morgan fingerprint density at radius 2 is 1.61 bits per heavy atom. The first kappa shape index (κ1) is 28.3. The molecule has 2 aliphatic rings. The first-order valence-electron chi connectivity index (χ1n) is 12.1. The standard InChI is InChI=1S/C26H34O12/c1-35-18-7-14-13(5-16(18)30)8-26(34,11-29)15(9-27)21(14)12-3-4-17(19(6-12)36-2)37-25-24(33)23(32)22(31)20(10-28)38-25/h3-7,15,20-25,27-34H,8-11H2,1-2H3. The van der Waals surface area contributed by atoms with Gasteiger partial charge in [0.2, 0.25) is 6.29 Å². The third kappa shape index (κ3) is 4.90. The van der Waals surface area contributed by atoms with E-state index in [1.165, 1.54) is 26.4 Å². The number of methoxy groups -OCH3 is 2. The number of rotatable bonds is 8. The molecule has 1 heterocycles. The van der Waals surface area contributed by atoms with Gasteiger partial charge in [-0.3, -0.25) is 0 Å². The van der Waals surface area contributed by atoms with Crippen molar-refractivity contribution in [2.24, 2.45) is 5.92 Å². The highest BCUT2D eigenvalue weighted by molar-refractivity contribution is 5.54. The quantitative estimate of drug-likeness (QED) is 0.196. The molecule has 0 amide bonds. The minimum atomic E-state index is -1.69. The third-order valence-electron chi connectivity index (χ3n) is 7.47. The molecule has 12 heteroatoms. The monoisotopic (exact) mass is 538 g/mol. The zero-order valence-corrected chi connectivity index (χ0v) is 21.0. The number of aliphatic hydroxyl groups excluding tert-OH is 6. The summed E-state index contributed by atoms with van der Waals surface area (Å²) >= 11 is 0. The lowest BCUT2D eigenvalue weighted by atomic mass is 9.64. The molecule has 0 aromatic heterocycles. The zero-order chi connectivity index (χ0) is 27.8. The number of phenols is 1. The smallest absolute Gasteiger partial charge is 0.229 e. The minimum Gasteiger partial charge on any atom is -0.504 e. The van der Waals surface area contributed by atoms with Crippen molar-refractivity contribution in [1.82, 2.24) is 0 Å². The molecular weight excluding hydrogens is 504 g/mol. The second-order valence-electron chi connectivity index (χ2n) is 9.65. The summed E-state index contributed by atoms with van der Waals surface area (Å²) in [7, 11) is 2.78. The van der Waals surface area contributed by atoms with Crippen LogP contribution in [-0.4, -0.2) is 111 Å². The molecule has 0 bridgehead atoms. The van der Waals surface area contributed by atoms with Crippen LogP contribution in [0.15, 0.2) is 30.3 Å². The molecular formula is C26H34O12. The average molecular weight is 539 g/mol. The molecule has 8 unspecified atom stereocenters. The summed E-state index contributed by atoms with van der Waals surface area (Å²) in [5.74, 6) is -1.13. The summed E-state index contributed by atoms with van der Waals surface area (Å²) in [6.45, 7) is -1.70. The van der Waals surface area contributed by atoms with Crippen molar-refractivity contribution in [3.05, 3.63) is 47.0 Å². The van der Waals surface area contributed by atoms with Crippen LogP contribution in [0.5, 0.6) is 23.0 Å². The normalized spacial score (nSPS) is 32.9. The average Bonchev–Trinajstić information content (AvgIpc) is 2.92. The van der Waals surface area contributed by atoms with E-state index in [4.69, 9.17) is 18.9 Å². The van der Waals surface area contributed by atoms with Crippen LogP contribution in [-0.2, 0) is 11.2 Å². The summed E-state index contributed by atoms with van der Waals surface area (Å²) in [5.41, 5.74) is 0.117. The fraction of sp³-hybridized carbons (Fsp3) is 0.538. The maximum atomic E-state index is 11.3. The van der Waals surface area contributed by atoms with E-state index in [1.54, 1.807) is 18.2 Å². The molecule has 2 aromatic carbocycles. The number of benzene rings is 2. The summed E-state index contributed by atoms with van der Waals surface area (Å²) in [5, 5.41) is 81.8. The van der Waals surface area contributed by atoms with E-state index in [9.17, 15) is 40.9 Å². The van der Waals surface area contributed by atoms with E-state index in [2.05, 4.69) is 0 Å². The predicted octanol–water partition coefficient (Wildman–Crippen LogP) is -1.39. The Hall–Kier alpha value is -2.68. The molecule has 38 heavy (non-hydrogen) atoms. The van der Waals surface area contributed by atoms with Gasteiger partial charge in [0.05, 0.1) is 33.0 Å². The van der Waals surface area contributed by atoms with Crippen LogP contribution in [0.2, 0.25) is 0 Å². The van der Waals surface area contributed by atoms with Gasteiger partial charge >= 0.3 is 0 Å². The molecule has 12 nitrogen and oxygen atoms in total. The van der Waals surface area contributed by atoms with E-state index >= 15 is 0 Å². The molecule has 8 N–H and O–H groups in total.